The standard InChI is InChI=1S/C15H23N3S/c1-2-13-4-5-17-15(13)14(3-1)12-16-6-7-18-8-10-19-11-9-18/h1-3,16-17H,4-12H2. The molecule has 0 amide bonds. The lowest BCUT2D eigenvalue weighted by Gasteiger charge is -2.26. The molecule has 0 aromatic heterocycles. The summed E-state index contributed by atoms with van der Waals surface area (Å²) in [6.45, 7) is 6.87. The number of thioether (sulfide) groups is 1. The summed E-state index contributed by atoms with van der Waals surface area (Å²) in [5.74, 6) is 2.60. The number of nitrogens with one attached hydrogen (secondary N) is 2. The first-order chi connectivity index (χ1) is 9.43. The average Bonchev–Trinajstić information content (AvgIpc) is 2.94. The van der Waals surface area contributed by atoms with Crippen LogP contribution < -0.4 is 10.6 Å². The summed E-state index contributed by atoms with van der Waals surface area (Å²) in [4.78, 5) is 2.57. The fourth-order valence-corrected chi connectivity index (χ4v) is 3.82. The van der Waals surface area contributed by atoms with E-state index in [9.17, 15) is 0 Å². The lowest BCUT2D eigenvalue weighted by Crippen LogP contribution is -2.37. The Kier molecular flexibility index (Phi) is 4.64. The Morgan fingerprint density at radius 2 is 2.16 bits per heavy atom. The van der Waals surface area contributed by atoms with E-state index in [0.717, 1.165) is 19.6 Å². The maximum Gasteiger partial charge on any atom is 0.0419 e. The Labute approximate surface area is 120 Å². The third kappa shape index (κ3) is 3.44. The first kappa shape index (κ1) is 13.3. The van der Waals surface area contributed by atoms with E-state index in [1.165, 1.54) is 54.4 Å². The van der Waals surface area contributed by atoms with Crippen molar-refractivity contribution in [2.45, 2.75) is 13.0 Å². The molecule has 2 N–H and O–H groups in total. The zero-order valence-electron chi connectivity index (χ0n) is 11.5. The molecule has 0 bridgehead atoms. The molecule has 0 atom stereocenters. The quantitative estimate of drug-likeness (QED) is 0.803. The highest BCUT2D eigenvalue weighted by atomic mass is 32.2. The molecule has 4 heteroatoms. The molecule has 1 aromatic rings. The Hall–Kier alpha value is -0.710. The minimum atomic E-state index is 0.985. The van der Waals surface area contributed by atoms with Gasteiger partial charge in [-0.2, -0.15) is 11.8 Å². The molecule has 3 rings (SSSR count). The summed E-state index contributed by atoms with van der Waals surface area (Å²) in [5, 5.41) is 7.10. The number of nitrogens with zero attached hydrogens (tertiary/aromatic N) is 1. The second kappa shape index (κ2) is 6.64. The van der Waals surface area contributed by atoms with E-state index in [0.29, 0.717) is 0 Å². The van der Waals surface area contributed by atoms with Gasteiger partial charge in [-0.25, -0.2) is 0 Å². The minimum absolute atomic E-state index is 0.985. The molecule has 2 heterocycles. The van der Waals surface area contributed by atoms with Crippen LogP contribution in [0.1, 0.15) is 11.1 Å². The van der Waals surface area contributed by atoms with Gasteiger partial charge >= 0.3 is 0 Å². The van der Waals surface area contributed by atoms with E-state index in [1.54, 1.807) is 0 Å². The molecule has 1 aromatic carbocycles. The Morgan fingerprint density at radius 1 is 1.26 bits per heavy atom. The lowest BCUT2D eigenvalue weighted by molar-refractivity contribution is 0.301. The van der Waals surface area contributed by atoms with Crippen molar-refractivity contribution in [3.05, 3.63) is 29.3 Å². The molecule has 19 heavy (non-hydrogen) atoms. The Morgan fingerprint density at radius 3 is 3.05 bits per heavy atom. The van der Waals surface area contributed by atoms with Crippen molar-refractivity contribution in [2.75, 3.05) is 49.5 Å². The summed E-state index contributed by atoms with van der Waals surface area (Å²) in [7, 11) is 0. The number of hydrogen-bond donors (Lipinski definition) is 2. The second-order valence-electron chi connectivity index (χ2n) is 5.26. The van der Waals surface area contributed by atoms with Gasteiger partial charge in [-0.1, -0.05) is 18.2 Å². The molecule has 0 radical (unpaired) electrons. The molecule has 0 spiro atoms. The van der Waals surface area contributed by atoms with E-state index in [1.807, 2.05) is 0 Å². The fraction of sp³-hybridized carbons (Fsp3) is 0.600. The summed E-state index contributed by atoms with van der Waals surface area (Å²) in [6.07, 6.45) is 1.18. The smallest absolute Gasteiger partial charge is 0.0419 e. The van der Waals surface area contributed by atoms with Gasteiger partial charge in [0.15, 0.2) is 0 Å². The van der Waals surface area contributed by atoms with Crippen LogP contribution in [0.4, 0.5) is 5.69 Å². The number of para-hydroxylation sites is 1. The third-order valence-corrected chi connectivity index (χ3v) is 4.90. The van der Waals surface area contributed by atoms with E-state index in [-0.39, 0.29) is 0 Å². The zero-order chi connectivity index (χ0) is 12.9. The molecule has 104 valence electrons. The molecule has 1 saturated heterocycles. The van der Waals surface area contributed by atoms with Crippen molar-refractivity contribution < 1.29 is 0 Å². The molecule has 3 nitrogen and oxygen atoms in total. The van der Waals surface area contributed by atoms with Crippen LogP contribution in [0.5, 0.6) is 0 Å². The monoisotopic (exact) mass is 277 g/mol. The van der Waals surface area contributed by atoms with Crippen LogP contribution in [-0.4, -0.2) is 49.1 Å². The van der Waals surface area contributed by atoms with Crippen molar-refractivity contribution in [3.63, 3.8) is 0 Å². The van der Waals surface area contributed by atoms with Crippen LogP contribution in [0.25, 0.3) is 0 Å². The van der Waals surface area contributed by atoms with E-state index >= 15 is 0 Å². The van der Waals surface area contributed by atoms with Crippen molar-refractivity contribution in [3.8, 4) is 0 Å². The summed E-state index contributed by atoms with van der Waals surface area (Å²) in [6, 6.07) is 6.66. The van der Waals surface area contributed by atoms with Gasteiger partial charge < -0.3 is 15.5 Å². The molecule has 2 aliphatic heterocycles. The van der Waals surface area contributed by atoms with E-state index in [2.05, 4.69) is 45.5 Å². The van der Waals surface area contributed by atoms with Crippen molar-refractivity contribution >= 4 is 17.4 Å². The second-order valence-corrected chi connectivity index (χ2v) is 6.48. The highest BCUT2D eigenvalue weighted by Gasteiger charge is 2.13. The predicted molar refractivity (Wildman–Crippen MR) is 84.1 cm³/mol. The van der Waals surface area contributed by atoms with Gasteiger partial charge in [0.05, 0.1) is 0 Å². The predicted octanol–water partition coefficient (Wildman–Crippen LogP) is 1.79. The molecule has 2 aliphatic rings. The van der Waals surface area contributed by atoms with E-state index in [4.69, 9.17) is 0 Å². The Balaban J connectivity index is 1.44. The first-order valence-electron chi connectivity index (χ1n) is 7.29. The van der Waals surface area contributed by atoms with E-state index < -0.39 is 0 Å². The average molecular weight is 277 g/mol. The topological polar surface area (TPSA) is 27.3 Å². The fourth-order valence-electron chi connectivity index (χ4n) is 2.84. The highest BCUT2D eigenvalue weighted by Crippen LogP contribution is 2.26. The Bertz CT molecular complexity index is 416. The molecular weight excluding hydrogens is 254 g/mol. The lowest BCUT2D eigenvalue weighted by atomic mass is 10.1. The summed E-state index contributed by atoms with van der Waals surface area (Å²) in [5.41, 5.74) is 4.28. The summed E-state index contributed by atoms with van der Waals surface area (Å²) >= 11 is 2.08. The summed E-state index contributed by atoms with van der Waals surface area (Å²) < 4.78 is 0. The van der Waals surface area contributed by atoms with Crippen molar-refractivity contribution in [1.29, 1.82) is 0 Å². The van der Waals surface area contributed by atoms with Gasteiger partial charge in [0.2, 0.25) is 0 Å². The van der Waals surface area contributed by atoms with Crippen LogP contribution >= 0.6 is 11.8 Å². The number of anilines is 1. The molecule has 1 fully saturated rings. The minimum Gasteiger partial charge on any atom is -0.384 e. The maximum absolute atomic E-state index is 3.59. The van der Waals surface area contributed by atoms with Gasteiger partial charge in [-0.05, 0) is 17.5 Å². The molecule has 0 unspecified atom stereocenters. The molecule has 0 aliphatic carbocycles. The number of hydrogen-bond acceptors (Lipinski definition) is 4. The highest BCUT2D eigenvalue weighted by molar-refractivity contribution is 7.99. The number of rotatable bonds is 5. The van der Waals surface area contributed by atoms with Gasteiger partial charge in [0, 0.05) is 56.5 Å². The number of benzene rings is 1. The first-order valence-corrected chi connectivity index (χ1v) is 8.44. The van der Waals surface area contributed by atoms with Crippen LogP contribution in [-0.2, 0) is 13.0 Å². The maximum atomic E-state index is 3.59. The van der Waals surface area contributed by atoms with Gasteiger partial charge in [-0.15, -0.1) is 0 Å². The molecule has 0 saturated carbocycles. The van der Waals surface area contributed by atoms with Crippen LogP contribution in [0.15, 0.2) is 18.2 Å². The van der Waals surface area contributed by atoms with Crippen LogP contribution in [0, 0.1) is 0 Å². The van der Waals surface area contributed by atoms with Crippen LogP contribution in [0.2, 0.25) is 0 Å². The van der Waals surface area contributed by atoms with Gasteiger partial charge in [-0.3, -0.25) is 0 Å². The van der Waals surface area contributed by atoms with Gasteiger partial charge in [0.25, 0.3) is 0 Å². The van der Waals surface area contributed by atoms with Gasteiger partial charge in [0.1, 0.15) is 0 Å². The number of fused-ring (bicyclic) bond motifs is 1. The molecular formula is C15H23N3S. The largest absolute Gasteiger partial charge is 0.384 e. The third-order valence-electron chi connectivity index (χ3n) is 3.96. The zero-order valence-corrected chi connectivity index (χ0v) is 12.3. The van der Waals surface area contributed by atoms with Crippen molar-refractivity contribution in [1.82, 2.24) is 10.2 Å². The normalized spacial score (nSPS) is 19.2. The SMILES string of the molecule is c1cc2c(c(CNCCN3CCSCC3)c1)NCC2. The van der Waals surface area contributed by atoms with Crippen LogP contribution in [0.3, 0.4) is 0 Å². The van der Waals surface area contributed by atoms with Crippen molar-refractivity contribution in [2.24, 2.45) is 0 Å².